The molecule has 1 heterocycles. The Morgan fingerprint density at radius 2 is 1.91 bits per heavy atom. The van der Waals surface area contributed by atoms with E-state index in [1.165, 1.54) is 10.4 Å². The maximum absolute atomic E-state index is 13.4. The van der Waals surface area contributed by atoms with Crippen molar-refractivity contribution < 1.29 is 22.3 Å². The number of benzene rings is 2. The van der Waals surface area contributed by atoms with Crippen LogP contribution >= 0.6 is 11.6 Å². The molecule has 0 unspecified atom stereocenters. The number of halogens is 2. The van der Waals surface area contributed by atoms with Gasteiger partial charge in [-0.2, -0.15) is 4.31 Å². The summed E-state index contributed by atoms with van der Waals surface area (Å²) in [5.74, 6) is 0.262. The molecule has 6 nitrogen and oxygen atoms in total. The number of nitrogens with one attached hydrogen (secondary N) is 1. The minimum absolute atomic E-state index is 0.0501. The summed E-state index contributed by atoms with van der Waals surface area (Å²) in [6.45, 7) is 5.68. The van der Waals surface area contributed by atoms with E-state index in [9.17, 15) is 17.6 Å². The summed E-state index contributed by atoms with van der Waals surface area (Å²) in [5.41, 5.74) is 0.905. The van der Waals surface area contributed by atoms with Gasteiger partial charge in [0.1, 0.15) is 11.6 Å². The molecule has 1 amide bonds. The van der Waals surface area contributed by atoms with Gasteiger partial charge in [-0.25, -0.2) is 12.8 Å². The summed E-state index contributed by atoms with van der Waals surface area (Å²) in [5, 5.41) is 2.72. The summed E-state index contributed by atoms with van der Waals surface area (Å²) < 4.78 is 46.3. The van der Waals surface area contributed by atoms with Gasteiger partial charge in [0.25, 0.3) is 0 Å². The Bertz CT molecular complexity index is 1070. The van der Waals surface area contributed by atoms with Crippen molar-refractivity contribution >= 4 is 27.5 Å². The van der Waals surface area contributed by atoms with Crippen LogP contribution in [0.4, 0.5) is 4.39 Å². The van der Waals surface area contributed by atoms with E-state index < -0.39 is 15.8 Å². The molecule has 0 spiro atoms. The number of hydrogen-bond donors (Lipinski definition) is 1. The van der Waals surface area contributed by atoms with Crippen LogP contribution in [0, 0.1) is 17.7 Å². The maximum atomic E-state index is 13.4. The van der Waals surface area contributed by atoms with E-state index in [0.29, 0.717) is 31.9 Å². The first-order valence-corrected chi connectivity index (χ1v) is 12.9. The first-order chi connectivity index (χ1) is 15.7. The Labute approximate surface area is 200 Å². The van der Waals surface area contributed by atoms with Crippen LogP contribution in [0.1, 0.15) is 38.7 Å². The van der Waals surface area contributed by atoms with Gasteiger partial charge in [0, 0.05) is 31.1 Å². The number of ether oxygens (including phenoxy) is 1. The number of amides is 1. The number of nitrogens with zero attached hydrogens (tertiary/aromatic N) is 1. The Morgan fingerprint density at radius 3 is 2.58 bits per heavy atom. The maximum Gasteiger partial charge on any atom is 0.243 e. The lowest BCUT2D eigenvalue weighted by atomic mass is 9.97. The molecular weight excluding hydrogens is 467 g/mol. The van der Waals surface area contributed by atoms with Crippen LogP contribution in [0.3, 0.4) is 0 Å². The van der Waals surface area contributed by atoms with Crippen LogP contribution in [0.25, 0.3) is 0 Å². The van der Waals surface area contributed by atoms with E-state index in [1.54, 1.807) is 0 Å². The third-order valence-electron chi connectivity index (χ3n) is 5.73. The summed E-state index contributed by atoms with van der Waals surface area (Å²) in [6.07, 6.45) is 1.77. The Balaban J connectivity index is 1.53. The molecule has 1 fully saturated rings. The second-order valence-electron chi connectivity index (χ2n) is 8.61. The average molecular weight is 497 g/mol. The average Bonchev–Trinajstić information content (AvgIpc) is 2.79. The molecule has 180 valence electrons. The predicted octanol–water partition coefficient (Wildman–Crippen LogP) is 4.62. The van der Waals surface area contributed by atoms with Gasteiger partial charge in [0.2, 0.25) is 15.9 Å². The van der Waals surface area contributed by atoms with Crippen LogP contribution in [-0.4, -0.2) is 38.3 Å². The normalized spacial score (nSPS) is 15.5. The number of carbonyl (C=O) groups excluding carboxylic acids is 1. The minimum Gasteiger partial charge on any atom is -0.493 e. The van der Waals surface area contributed by atoms with Crippen LogP contribution in [0.15, 0.2) is 47.4 Å². The first-order valence-electron chi connectivity index (χ1n) is 11.1. The Morgan fingerprint density at radius 1 is 1.21 bits per heavy atom. The van der Waals surface area contributed by atoms with Crippen molar-refractivity contribution in [1.82, 2.24) is 9.62 Å². The standard InChI is InChI=1S/C24H30ClFN2O4S/c1-17(2)11-14-32-23-6-4-3-5-19(23)16-27-24(29)18-9-12-28(13-10-18)33(30,31)20-7-8-22(26)21(25)15-20/h3-8,15,17-18H,9-14,16H2,1-2H3,(H,27,29). The topological polar surface area (TPSA) is 75.7 Å². The molecular formula is C24H30ClFN2O4S. The molecule has 0 aromatic heterocycles. The third-order valence-corrected chi connectivity index (χ3v) is 7.92. The number of sulfonamides is 1. The number of carbonyl (C=O) groups is 1. The van der Waals surface area contributed by atoms with E-state index in [4.69, 9.17) is 16.3 Å². The van der Waals surface area contributed by atoms with Crippen molar-refractivity contribution in [2.45, 2.75) is 44.6 Å². The molecule has 2 aromatic rings. The van der Waals surface area contributed by atoms with Crippen molar-refractivity contribution in [2.75, 3.05) is 19.7 Å². The van der Waals surface area contributed by atoms with Crippen LogP contribution in [-0.2, 0) is 21.4 Å². The highest BCUT2D eigenvalue weighted by atomic mass is 35.5. The fourth-order valence-corrected chi connectivity index (χ4v) is 5.41. The minimum atomic E-state index is -3.79. The molecule has 0 saturated carbocycles. The second-order valence-corrected chi connectivity index (χ2v) is 11.0. The van der Waals surface area contributed by atoms with E-state index in [0.717, 1.165) is 29.9 Å². The molecule has 1 N–H and O–H groups in total. The van der Waals surface area contributed by atoms with Crippen molar-refractivity contribution in [3.8, 4) is 5.75 Å². The highest BCUT2D eigenvalue weighted by Gasteiger charge is 2.32. The molecule has 1 aliphatic heterocycles. The number of hydrogen-bond acceptors (Lipinski definition) is 4. The van der Waals surface area contributed by atoms with Crippen molar-refractivity contribution in [3.05, 3.63) is 58.9 Å². The van der Waals surface area contributed by atoms with Gasteiger partial charge in [-0.3, -0.25) is 4.79 Å². The molecule has 9 heteroatoms. The third kappa shape index (κ3) is 6.68. The summed E-state index contributed by atoms with van der Waals surface area (Å²) in [4.78, 5) is 12.7. The lowest BCUT2D eigenvalue weighted by molar-refractivity contribution is -0.126. The van der Waals surface area contributed by atoms with E-state index in [-0.39, 0.29) is 34.8 Å². The monoisotopic (exact) mass is 496 g/mol. The lowest BCUT2D eigenvalue weighted by Crippen LogP contribution is -2.42. The zero-order chi connectivity index (χ0) is 24.0. The number of para-hydroxylation sites is 1. The molecule has 0 radical (unpaired) electrons. The molecule has 0 bridgehead atoms. The van der Waals surface area contributed by atoms with Gasteiger partial charge in [0.15, 0.2) is 0 Å². The van der Waals surface area contributed by atoms with Crippen molar-refractivity contribution in [3.63, 3.8) is 0 Å². The molecule has 2 aromatic carbocycles. The summed E-state index contributed by atoms with van der Waals surface area (Å²) in [6, 6.07) is 11.0. The number of piperidine rings is 1. The highest BCUT2D eigenvalue weighted by molar-refractivity contribution is 7.89. The van der Waals surface area contributed by atoms with Crippen molar-refractivity contribution in [2.24, 2.45) is 11.8 Å². The van der Waals surface area contributed by atoms with Gasteiger partial charge >= 0.3 is 0 Å². The zero-order valence-electron chi connectivity index (χ0n) is 18.9. The zero-order valence-corrected chi connectivity index (χ0v) is 20.5. The lowest BCUT2D eigenvalue weighted by Gasteiger charge is -2.30. The van der Waals surface area contributed by atoms with Gasteiger partial charge in [-0.15, -0.1) is 0 Å². The molecule has 3 rings (SSSR count). The highest BCUT2D eigenvalue weighted by Crippen LogP contribution is 2.27. The first kappa shape index (κ1) is 25.5. The SMILES string of the molecule is CC(C)CCOc1ccccc1CNC(=O)C1CCN(S(=O)(=O)c2ccc(F)c(Cl)c2)CC1. The van der Waals surface area contributed by atoms with Crippen LogP contribution < -0.4 is 10.1 Å². The van der Waals surface area contributed by atoms with Gasteiger partial charge in [0.05, 0.1) is 16.5 Å². The second kappa shape index (κ2) is 11.3. The predicted molar refractivity (Wildman–Crippen MR) is 126 cm³/mol. The molecule has 0 aliphatic carbocycles. The summed E-state index contributed by atoms with van der Waals surface area (Å²) >= 11 is 5.74. The largest absolute Gasteiger partial charge is 0.493 e. The van der Waals surface area contributed by atoms with Crippen LogP contribution in [0.2, 0.25) is 5.02 Å². The van der Waals surface area contributed by atoms with E-state index in [1.807, 2.05) is 24.3 Å². The van der Waals surface area contributed by atoms with Crippen LogP contribution in [0.5, 0.6) is 5.75 Å². The number of rotatable bonds is 9. The fourth-order valence-electron chi connectivity index (χ4n) is 3.67. The Hall–Kier alpha value is -2.16. The van der Waals surface area contributed by atoms with E-state index >= 15 is 0 Å². The smallest absolute Gasteiger partial charge is 0.243 e. The summed E-state index contributed by atoms with van der Waals surface area (Å²) in [7, 11) is -3.79. The van der Waals surface area contributed by atoms with E-state index in [2.05, 4.69) is 19.2 Å². The van der Waals surface area contributed by atoms with Crippen molar-refractivity contribution in [1.29, 1.82) is 0 Å². The molecule has 1 aliphatic rings. The quantitative estimate of drug-likeness (QED) is 0.549. The molecule has 33 heavy (non-hydrogen) atoms. The Kier molecular flexibility index (Phi) is 8.73. The molecule has 0 atom stereocenters. The van der Waals surface area contributed by atoms with Gasteiger partial charge in [-0.05, 0) is 49.4 Å². The molecule has 1 saturated heterocycles. The fraction of sp³-hybridized carbons (Fsp3) is 0.458. The van der Waals surface area contributed by atoms with Gasteiger partial charge in [-0.1, -0.05) is 43.6 Å². The van der Waals surface area contributed by atoms with Gasteiger partial charge < -0.3 is 10.1 Å².